The first-order valence-electron chi connectivity index (χ1n) is 6.43. The highest BCUT2D eigenvalue weighted by Crippen LogP contribution is 2.37. The molecule has 18 heavy (non-hydrogen) atoms. The Morgan fingerprint density at radius 3 is 2.67 bits per heavy atom. The molecule has 94 valence electrons. The first kappa shape index (κ1) is 11.3. The molecule has 0 unspecified atom stereocenters. The van der Waals surface area contributed by atoms with Crippen molar-refractivity contribution in [2.24, 2.45) is 7.05 Å². The van der Waals surface area contributed by atoms with E-state index in [1.165, 1.54) is 18.4 Å². The topological polar surface area (TPSA) is 42.7 Å². The fourth-order valence-corrected chi connectivity index (χ4v) is 1.96. The van der Waals surface area contributed by atoms with Crippen molar-refractivity contribution >= 4 is 5.69 Å². The summed E-state index contributed by atoms with van der Waals surface area (Å²) in [7, 11) is 1.96. The van der Waals surface area contributed by atoms with Crippen LogP contribution in [0.4, 0.5) is 5.69 Å². The normalized spacial score (nSPS) is 14.8. The Bertz CT molecular complexity index is 537. The maximum absolute atomic E-state index is 4.59. The Morgan fingerprint density at radius 2 is 2.00 bits per heavy atom. The number of anilines is 1. The highest BCUT2D eigenvalue weighted by Gasteiger charge is 2.28. The zero-order valence-corrected chi connectivity index (χ0v) is 10.8. The molecule has 0 aliphatic heterocycles. The van der Waals surface area contributed by atoms with Crippen molar-refractivity contribution in [1.82, 2.24) is 14.8 Å². The summed E-state index contributed by atoms with van der Waals surface area (Å²) in [5.41, 5.74) is 2.40. The van der Waals surface area contributed by atoms with Gasteiger partial charge >= 0.3 is 0 Å². The minimum atomic E-state index is 0.615. The zero-order valence-electron chi connectivity index (χ0n) is 10.8. The number of benzene rings is 1. The molecule has 0 atom stereocenters. The van der Waals surface area contributed by atoms with Crippen molar-refractivity contribution in [2.75, 3.05) is 5.32 Å². The van der Waals surface area contributed by atoms with Crippen LogP contribution in [0.2, 0.25) is 0 Å². The van der Waals surface area contributed by atoms with Crippen LogP contribution in [0, 0.1) is 6.92 Å². The molecule has 0 amide bonds. The Hall–Kier alpha value is -1.84. The molecule has 4 nitrogen and oxygen atoms in total. The van der Waals surface area contributed by atoms with Gasteiger partial charge in [0, 0.05) is 18.7 Å². The summed E-state index contributed by atoms with van der Waals surface area (Å²) in [6.45, 7) is 2.81. The SMILES string of the molecule is Cc1ccc(NCc2nc(C3CC3)nn2C)cc1. The molecule has 0 radical (unpaired) electrons. The second kappa shape index (κ2) is 4.44. The summed E-state index contributed by atoms with van der Waals surface area (Å²) in [5, 5.41) is 7.84. The van der Waals surface area contributed by atoms with E-state index in [0.717, 1.165) is 23.9 Å². The van der Waals surface area contributed by atoms with Crippen molar-refractivity contribution in [3.63, 3.8) is 0 Å². The largest absolute Gasteiger partial charge is 0.378 e. The predicted octanol–water partition coefficient (Wildman–Crippen LogP) is 2.61. The molecule has 0 bridgehead atoms. The van der Waals surface area contributed by atoms with Gasteiger partial charge in [0.05, 0.1) is 6.54 Å². The van der Waals surface area contributed by atoms with Crippen molar-refractivity contribution in [3.8, 4) is 0 Å². The number of hydrogen-bond acceptors (Lipinski definition) is 3. The van der Waals surface area contributed by atoms with E-state index in [-0.39, 0.29) is 0 Å². The van der Waals surface area contributed by atoms with Gasteiger partial charge in [-0.2, -0.15) is 5.10 Å². The van der Waals surface area contributed by atoms with Crippen molar-refractivity contribution in [2.45, 2.75) is 32.2 Å². The fourth-order valence-electron chi connectivity index (χ4n) is 1.96. The number of nitrogens with one attached hydrogen (secondary N) is 1. The fraction of sp³-hybridized carbons (Fsp3) is 0.429. The van der Waals surface area contributed by atoms with Gasteiger partial charge < -0.3 is 5.32 Å². The van der Waals surface area contributed by atoms with Crippen LogP contribution in [-0.2, 0) is 13.6 Å². The van der Waals surface area contributed by atoms with E-state index in [9.17, 15) is 0 Å². The second-order valence-electron chi connectivity index (χ2n) is 5.00. The summed E-state index contributed by atoms with van der Waals surface area (Å²) >= 11 is 0. The summed E-state index contributed by atoms with van der Waals surface area (Å²) in [4.78, 5) is 4.59. The molecule has 1 heterocycles. The van der Waals surface area contributed by atoms with E-state index in [1.54, 1.807) is 0 Å². The molecule has 1 aliphatic carbocycles. The van der Waals surface area contributed by atoms with Gasteiger partial charge in [0.2, 0.25) is 0 Å². The average Bonchev–Trinajstić information content (AvgIpc) is 3.14. The van der Waals surface area contributed by atoms with Crippen LogP contribution in [0.1, 0.15) is 36.0 Å². The van der Waals surface area contributed by atoms with E-state index >= 15 is 0 Å². The lowest BCUT2D eigenvalue weighted by Crippen LogP contribution is -2.06. The first-order chi connectivity index (χ1) is 8.72. The lowest BCUT2D eigenvalue weighted by Gasteiger charge is -2.05. The smallest absolute Gasteiger partial charge is 0.154 e. The molecule has 1 aliphatic rings. The molecular weight excluding hydrogens is 224 g/mol. The summed E-state index contributed by atoms with van der Waals surface area (Å²) in [6.07, 6.45) is 2.49. The maximum atomic E-state index is 4.59. The molecule has 4 heteroatoms. The van der Waals surface area contributed by atoms with Crippen molar-refractivity contribution < 1.29 is 0 Å². The standard InChI is InChI=1S/C14H18N4/c1-10-3-7-12(8-4-10)15-9-13-16-14(11-5-6-11)17-18(13)2/h3-4,7-8,11,15H,5-6,9H2,1-2H3. The van der Waals surface area contributed by atoms with E-state index < -0.39 is 0 Å². The number of rotatable bonds is 4. The average molecular weight is 242 g/mol. The molecule has 1 fully saturated rings. The van der Waals surface area contributed by atoms with Crippen LogP contribution in [-0.4, -0.2) is 14.8 Å². The Labute approximate surface area is 107 Å². The Morgan fingerprint density at radius 1 is 1.28 bits per heavy atom. The Kier molecular flexibility index (Phi) is 2.78. The lowest BCUT2D eigenvalue weighted by molar-refractivity contribution is 0.702. The molecule has 2 aromatic rings. The van der Waals surface area contributed by atoms with Crippen LogP contribution in [0.15, 0.2) is 24.3 Å². The van der Waals surface area contributed by atoms with Gasteiger partial charge in [-0.1, -0.05) is 17.7 Å². The highest BCUT2D eigenvalue weighted by molar-refractivity contribution is 5.44. The van der Waals surface area contributed by atoms with E-state index in [4.69, 9.17) is 0 Å². The number of hydrogen-bond donors (Lipinski definition) is 1. The van der Waals surface area contributed by atoms with Gasteiger partial charge in [0.25, 0.3) is 0 Å². The number of aryl methyl sites for hydroxylation is 2. The first-order valence-corrected chi connectivity index (χ1v) is 6.43. The van der Waals surface area contributed by atoms with E-state index in [2.05, 4.69) is 46.6 Å². The molecule has 1 aromatic heterocycles. The van der Waals surface area contributed by atoms with Gasteiger partial charge in [-0.15, -0.1) is 0 Å². The Balaban J connectivity index is 1.67. The van der Waals surface area contributed by atoms with Gasteiger partial charge in [-0.3, -0.25) is 4.68 Å². The summed E-state index contributed by atoms with van der Waals surface area (Å²) in [6, 6.07) is 8.39. The molecule has 0 saturated heterocycles. The van der Waals surface area contributed by atoms with Gasteiger partial charge in [0.1, 0.15) is 5.82 Å². The molecule has 1 aromatic carbocycles. The van der Waals surface area contributed by atoms with Crippen LogP contribution in [0.3, 0.4) is 0 Å². The zero-order chi connectivity index (χ0) is 12.5. The van der Waals surface area contributed by atoms with Crippen LogP contribution in [0.25, 0.3) is 0 Å². The lowest BCUT2D eigenvalue weighted by atomic mass is 10.2. The maximum Gasteiger partial charge on any atom is 0.154 e. The summed E-state index contributed by atoms with van der Waals surface area (Å²) in [5.74, 6) is 2.63. The minimum absolute atomic E-state index is 0.615. The molecular formula is C14H18N4. The third-order valence-corrected chi connectivity index (χ3v) is 3.31. The van der Waals surface area contributed by atoms with Gasteiger partial charge in [0.15, 0.2) is 5.82 Å². The third kappa shape index (κ3) is 2.37. The monoisotopic (exact) mass is 242 g/mol. The molecule has 3 rings (SSSR count). The van der Waals surface area contributed by atoms with E-state index in [0.29, 0.717) is 5.92 Å². The molecule has 0 spiro atoms. The molecule has 1 saturated carbocycles. The van der Waals surface area contributed by atoms with Crippen molar-refractivity contribution in [3.05, 3.63) is 41.5 Å². The number of aromatic nitrogens is 3. The quantitative estimate of drug-likeness (QED) is 0.896. The third-order valence-electron chi connectivity index (χ3n) is 3.31. The highest BCUT2D eigenvalue weighted by atomic mass is 15.3. The number of nitrogens with zero attached hydrogens (tertiary/aromatic N) is 3. The van der Waals surface area contributed by atoms with Crippen LogP contribution >= 0.6 is 0 Å². The van der Waals surface area contributed by atoms with Crippen LogP contribution in [0.5, 0.6) is 0 Å². The second-order valence-corrected chi connectivity index (χ2v) is 5.00. The van der Waals surface area contributed by atoms with Crippen LogP contribution < -0.4 is 5.32 Å². The van der Waals surface area contributed by atoms with Gasteiger partial charge in [-0.25, -0.2) is 4.98 Å². The molecule has 1 N–H and O–H groups in total. The predicted molar refractivity (Wildman–Crippen MR) is 71.5 cm³/mol. The minimum Gasteiger partial charge on any atom is -0.378 e. The summed E-state index contributed by atoms with van der Waals surface area (Å²) < 4.78 is 1.88. The van der Waals surface area contributed by atoms with E-state index in [1.807, 2.05) is 11.7 Å². The van der Waals surface area contributed by atoms with Crippen molar-refractivity contribution in [1.29, 1.82) is 0 Å². The van der Waals surface area contributed by atoms with Gasteiger partial charge in [-0.05, 0) is 31.9 Å².